The summed E-state index contributed by atoms with van der Waals surface area (Å²) in [7, 11) is 0. The Kier molecular flexibility index (Phi) is 52.0. The first-order valence-corrected chi connectivity index (χ1v) is 27.5. The zero-order valence-electron chi connectivity index (χ0n) is 43.8. The van der Waals surface area contributed by atoms with Crippen LogP contribution in [-0.4, -0.2) is 37.2 Å². The lowest BCUT2D eigenvalue weighted by atomic mass is 10.1. The number of carbonyl (C=O) groups excluding carboxylic acids is 3. The van der Waals surface area contributed by atoms with E-state index in [1.165, 1.54) is 32.1 Å². The van der Waals surface area contributed by atoms with Gasteiger partial charge in [0.25, 0.3) is 0 Å². The van der Waals surface area contributed by atoms with Crippen molar-refractivity contribution in [3.63, 3.8) is 0 Å². The third kappa shape index (κ3) is 52.8. The Labute approximate surface area is 418 Å². The Morgan fingerprint density at radius 3 is 0.912 bits per heavy atom. The van der Waals surface area contributed by atoms with Gasteiger partial charge in [-0.15, -0.1) is 0 Å². The van der Waals surface area contributed by atoms with E-state index < -0.39 is 6.10 Å². The lowest BCUT2D eigenvalue weighted by molar-refractivity contribution is -0.167. The highest BCUT2D eigenvalue weighted by Crippen LogP contribution is 2.13. The molecule has 0 aromatic rings. The zero-order chi connectivity index (χ0) is 49.3. The van der Waals surface area contributed by atoms with Crippen molar-refractivity contribution in [3.8, 4) is 0 Å². The van der Waals surface area contributed by atoms with Crippen LogP contribution in [-0.2, 0) is 28.6 Å². The minimum atomic E-state index is -0.795. The Balaban J connectivity index is 4.21. The maximum atomic E-state index is 12.7. The largest absolute Gasteiger partial charge is 0.462 e. The molecule has 6 nitrogen and oxygen atoms in total. The maximum Gasteiger partial charge on any atom is 0.306 e. The number of hydrogen-bond acceptors (Lipinski definition) is 6. The molecule has 0 aliphatic rings. The first kappa shape index (κ1) is 63.8. The molecule has 0 bridgehead atoms. The molecule has 1 unspecified atom stereocenters. The van der Waals surface area contributed by atoms with Gasteiger partial charge < -0.3 is 14.2 Å². The minimum absolute atomic E-state index is 0.0954. The normalized spacial score (nSPS) is 13.0. The third-order valence-corrected chi connectivity index (χ3v) is 11.2. The van der Waals surface area contributed by atoms with Gasteiger partial charge in [0.2, 0.25) is 0 Å². The molecule has 0 aliphatic carbocycles. The fourth-order valence-electron chi connectivity index (χ4n) is 7.07. The average molecular weight is 941 g/mol. The van der Waals surface area contributed by atoms with Crippen molar-refractivity contribution >= 4 is 17.9 Å². The van der Waals surface area contributed by atoms with Gasteiger partial charge in [-0.25, -0.2) is 0 Å². The van der Waals surface area contributed by atoms with Crippen molar-refractivity contribution < 1.29 is 28.6 Å². The van der Waals surface area contributed by atoms with E-state index >= 15 is 0 Å². The molecule has 1 atom stereocenters. The monoisotopic (exact) mass is 941 g/mol. The standard InChI is InChI=1S/C62H100O6/c1-4-7-10-13-15-17-19-21-23-25-26-27-28-29-30-31-32-33-34-35-36-37-39-40-42-44-46-49-52-55-61(64)67-58-59(57-66-60(63)54-51-48-12-9-6-3)68-62(65)56-53-50-47-45-43-41-38-24-22-20-18-16-14-11-8-5-2/h7,10,15,17-18,20-21,23-24,26-27,29-30,32-33,35-36,38-40,59H,4-6,8-9,11-14,16,19,22,25,28,31,34,37,41-58H2,1-3H3/b10-7-,17-15-,20-18-,23-21-,27-26-,30-29-,33-32-,36-35-,38-24-,40-39-. The predicted molar refractivity (Wildman–Crippen MR) is 293 cm³/mol. The molecule has 0 saturated carbocycles. The van der Waals surface area contributed by atoms with Gasteiger partial charge in [-0.05, 0) is 116 Å². The molecular weight excluding hydrogens is 841 g/mol. The lowest BCUT2D eigenvalue weighted by Gasteiger charge is -2.18. The number of allylic oxidation sites excluding steroid dienone is 20. The number of carbonyl (C=O) groups is 3. The second-order valence-electron chi connectivity index (χ2n) is 17.8. The summed E-state index contributed by atoms with van der Waals surface area (Å²) in [6.07, 6.45) is 76.6. The number of unbranched alkanes of at least 4 members (excludes halogenated alkanes) is 17. The molecule has 0 spiro atoms. The van der Waals surface area contributed by atoms with Crippen molar-refractivity contribution in [2.75, 3.05) is 13.2 Å². The number of rotatable bonds is 48. The number of esters is 3. The second kappa shape index (κ2) is 55.4. The minimum Gasteiger partial charge on any atom is -0.462 e. The van der Waals surface area contributed by atoms with Gasteiger partial charge in [0.1, 0.15) is 13.2 Å². The molecule has 0 N–H and O–H groups in total. The Hall–Kier alpha value is -4.19. The molecule has 68 heavy (non-hydrogen) atoms. The maximum absolute atomic E-state index is 12.7. The zero-order valence-corrected chi connectivity index (χ0v) is 43.8. The fourth-order valence-corrected chi connectivity index (χ4v) is 7.07. The van der Waals surface area contributed by atoms with Gasteiger partial charge >= 0.3 is 17.9 Å². The topological polar surface area (TPSA) is 78.9 Å². The van der Waals surface area contributed by atoms with Crippen molar-refractivity contribution in [2.45, 2.75) is 239 Å². The summed E-state index contributed by atoms with van der Waals surface area (Å²) in [5.41, 5.74) is 0. The average Bonchev–Trinajstić information content (AvgIpc) is 3.34. The molecule has 0 aromatic heterocycles. The van der Waals surface area contributed by atoms with E-state index in [2.05, 4.69) is 142 Å². The summed E-state index contributed by atoms with van der Waals surface area (Å²) >= 11 is 0. The summed E-state index contributed by atoms with van der Waals surface area (Å²) < 4.78 is 16.6. The number of hydrogen-bond donors (Lipinski definition) is 0. The van der Waals surface area contributed by atoms with Crippen molar-refractivity contribution in [1.82, 2.24) is 0 Å². The van der Waals surface area contributed by atoms with Crippen molar-refractivity contribution in [1.29, 1.82) is 0 Å². The first-order chi connectivity index (χ1) is 33.5. The summed E-state index contributed by atoms with van der Waals surface area (Å²) in [6.45, 7) is 6.37. The molecule has 6 heteroatoms. The van der Waals surface area contributed by atoms with Gasteiger partial charge in [0.05, 0.1) is 0 Å². The highest BCUT2D eigenvalue weighted by atomic mass is 16.6. The van der Waals surface area contributed by atoms with Crippen LogP contribution in [0.25, 0.3) is 0 Å². The summed E-state index contributed by atoms with van der Waals surface area (Å²) in [4.78, 5) is 37.7. The van der Waals surface area contributed by atoms with Crippen molar-refractivity contribution in [2.24, 2.45) is 0 Å². The molecular formula is C62H100O6. The predicted octanol–water partition coefficient (Wildman–Crippen LogP) is 18.5. The van der Waals surface area contributed by atoms with E-state index in [9.17, 15) is 14.4 Å². The van der Waals surface area contributed by atoms with Crippen LogP contribution in [0.1, 0.15) is 233 Å². The molecule has 0 rings (SSSR count). The first-order valence-electron chi connectivity index (χ1n) is 27.5. The molecule has 0 heterocycles. The molecule has 0 aliphatic heterocycles. The highest BCUT2D eigenvalue weighted by Gasteiger charge is 2.19. The molecule has 0 aromatic carbocycles. The van der Waals surface area contributed by atoms with Crippen LogP contribution in [0.5, 0.6) is 0 Å². The SMILES string of the molecule is CC/C=C\C/C=C\C/C=C\C/C=C\C/C=C\C/C=C\C/C=C\C/C=C\CCCCCCC(=O)OCC(COC(=O)CCCCCCC)OC(=O)CCCCCCC/C=C\C/C=C\CCCCCC. The van der Waals surface area contributed by atoms with Gasteiger partial charge in [-0.2, -0.15) is 0 Å². The second-order valence-corrected chi connectivity index (χ2v) is 17.8. The van der Waals surface area contributed by atoms with E-state index in [0.29, 0.717) is 19.3 Å². The molecule has 384 valence electrons. The van der Waals surface area contributed by atoms with Crippen LogP contribution >= 0.6 is 0 Å². The Bertz CT molecular complexity index is 1450. The summed E-state index contributed by atoms with van der Waals surface area (Å²) in [5.74, 6) is -0.955. The Morgan fingerprint density at radius 1 is 0.309 bits per heavy atom. The summed E-state index contributed by atoms with van der Waals surface area (Å²) in [6, 6.07) is 0. The fraction of sp³-hybridized carbons (Fsp3) is 0.629. The van der Waals surface area contributed by atoms with Crippen LogP contribution < -0.4 is 0 Å². The van der Waals surface area contributed by atoms with Gasteiger partial charge in [0.15, 0.2) is 6.10 Å². The Morgan fingerprint density at radius 2 is 0.574 bits per heavy atom. The highest BCUT2D eigenvalue weighted by molar-refractivity contribution is 5.71. The van der Waals surface area contributed by atoms with Crippen LogP contribution in [0.2, 0.25) is 0 Å². The quantitative estimate of drug-likeness (QED) is 0.0262. The van der Waals surface area contributed by atoms with E-state index in [0.717, 1.165) is 161 Å². The third-order valence-electron chi connectivity index (χ3n) is 11.2. The van der Waals surface area contributed by atoms with Gasteiger partial charge in [-0.1, -0.05) is 219 Å². The molecule has 0 saturated heterocycles. The molecule has 0 radical (unpaired) electrons. The van der Waals surface area contributed by atoms with E-state index in [-0.39, 0.29) is 31.1 Å². The van der Waals surface area contributed by atoms with Crippen LogP contribution in [0.15, 0.2) is 122 Å². The van der Waals surface area contributed by atoms with Gasteiger partial charge in [0, 0.05) is 19.3 Å². The van der Waals surface area contributed by atoms with Crippen LogP contribution in [0.4, 0.5) is 0 Å². The van der Waals surface area contributed by atoms with E-state index in [1.807, 2.05) is 0 Å². The van der Waals surface area contributed by atoms with Crippen molar-refractivity contribution in [3.05, 3.63) is 122 Å². The van der Waals surface area contributed by atoms with Crippen LogP contribution in [0.3, 0.4) is 0 Å². The smallest absolute Gasteiger partial charge is 0.306 e. The van der Waals surface area contributed by atoms with Crippen LogP contribution in [0, 0.1) is 0 Å². The van der Waals surface area contributed by atoms with Gasteiger partial charge in [-0.3, -0.25) is 14.4 Å². The lowest BCUT2D eigenvalue weighted by Crippen LogP contribution is -2.30. The summed E-state index contributed by atoms with van der Waals surface area (Å²) in [5, 5.41) is 0. The molecule has 0 fully saturated rings. The van der Waals surface area contributed by atoms with E-state index in [1.54, 1.807) is 0 Å². The van der Waals surface area contributed by atoms with E-state index in [4.69, 9.17) is 14.2 Å². The molecule has 0 amide bonds. The number of ether oxygens (including phenoxy) is 3.